The first-order chi connectivity index (χ1) is 12.5. The van der Waals surface area contributed by atoms with Crippen molar-refractivity contribution in [3.63, 3.8) is 0 Å². The summed E-state index contributed by atoms with van der Waals surface area (Å²) in [6, 6.07) is 7.92. The first-order valence-electron chi connectivity index (χ1n) is 8.25. The number of rotatable bonds is 6. The molecule has 1 aliphatic carbocycles. The highest BCUT2D eigenvalue weighted by Crippen LogP contribution is 2.26. The van der Waals surface area contributed by atoms with Gasteiger partial charge < -0.3 is 10.1 Å². The Morgan fingerprint density at radius 3 is 2.58 bits per heavy atom. The fourth-order valence-corrected chi connectivity index (χ4v) is 3.36. The molecule has 3 rings (SSSR count). The molecule has 0 radical (unpaired) electrons. The standard InChI is InChI=1S/C17H19N5O3S/c18-9-13-10-20-17(22-16(13)25-11-12-3-1-2-4-12)21-14-5-7-15(8-6-14)26(19,23)24/h5-8,10,12H,1-4,11H2,(H2,19,23,24)(H,20,21,22). The SMILES string of the molecule is N#Cc1cnc(Nc2ccc(S(N)(=O)=O)cc2)nc1OCC1CCCC1. The van der Waals surface area contributed by atoms with Crippen molar-refractivity contribution < 1.29 is 13.2 Å². The van der Waals surface area contributed by atoms with Gasteiger partial charge in [-0.3, -0.25) is 0 Å². The summed E-state index contributed by atoms with van der Waals surface area (Å²) in [5, 5.41) is 17.2. The summed E-state index contributed by atoms with van der Waals surface area (Å²) in [7, 11) is -3.74. The predicted molar refractivity (Wildman–Crippen MR) is 95.3 cm³/mol. The van der Waals surface area contributed by atoms with Crippen LogP contribution in [0.2, 0.25) is 0 Å². The summed E-state index contributed by atoms with van der Waals surface area (Å²) in [6.07, 6.45) is 6.09. The maximum Gasteiger partial charge on any atom is 0.238 e. The number of aromatic nitrogens is 2. The second kappa shape index (κ2) is 7.68. The molecule has 2 aromatic rings. The predicted octanol–water partition coefficient (Wildman–Crippen LogP) is 2.31. The van der Waals surface area contributed by atoms with E-state index in [-0.39, 0.29) is 22.3 Å². The summed E-state index contributed by atoms with van der Waals surface area (Å²) < 4.78 is 28.3. The number of benzene rings is 1. The van der Waals surface area contributed by atoms with Gasteiger partial charge >= 0.3 is 0 Å². The van der Waals surface area contributed by atoms with Crippen molar-refractivity contribution in [1.29, 1.82) is 5.26 Å². The van der Waals surface area contributed by atoms with Crippen LogP contribution >= 0.6 is 0 Å². The van der Waals surface area contributed by atoms with Gasteiger partial charge in [-0.15, -0.1) is 0 Å². The van der Waals surface area contributed by atoms with Crippen molar-refractivity contribution in [3.05, 3.63) is 36.0 Å². The van der Waals surface area contributed by atoms with Gasteiger partial charge in [-0.1, -0.05) is 12.8 Å². The van der Waals surface area contributed by atoms with E-state index in [0.29, 0.717) is 18.2 Å². The zero-order chi connectivity index (χ0) is 18.6. The van der Waals surface area contributed by atoms with Crippen molar-refractivity contribution in [2.75, 3.05) is 11.9 Å². The minimum atomic E-state index is -3.74. The number of primary sulfonamides is 1. The third-order valence-corrected chi connectivity index (χ3v) is 5.17. The largest absolute Gasteiger partial charge is 0.476 e. The third kappa shape index (κ3) is 4.47. The lowest BCUT2D eigenvalue weighted by Crippen LogP contribution is -2.12. The van der Waals surface area contributed by atoms with Crippen LogP contribution in [0.4, 0.5) is 11.6 Å². The Morgan fingerprint density at radius 2 is 1.96 bits per heavy atom. The molecule has 0 aliphatic heterocycles. The molecule has 136 valence electrons. The number of nitrogens with zero attached hydrogens (tertiary/aromatic N) is 3. The number of hydrogen-bond acceptors (Lipinski definition) is 7. The monoisotopic (exact) mass is 373 g/mol. The first-order valence-corrected chi connectivity index (χ1v) is 9.80. The highest BCUT2D eigenvalue weighted by molar-refractivity contribution is 7.89. The van der Waals surface area contributed by atoms with Crippen LogP contribution in [0.1, 0.15) is 31.2 Å². The van der Waals surface area contributed by atoms with Crippen molar-refractivity contribution in [1.82, 2.24) is 9.97 Å². The Bertz CT molecular complexity index is 916. The number of anilines is 2. The number of nitriles is 1. The molecule has 1 aromatic carbocycles. The molecule has 0 bridgehead atoms. The highest BCUT2D eigenvalue weighted by Gasteiger charge is 2.17. The van der Waals surface area contributed by atoms with Gasteiger partial charge in [-0.25, -0.2) is 18.5 Å². The smallest absolute Gasteiger partial charge is 0.238 e. The van der Waals surface area contributed by atoms with Crippen molar-refractivity contribution in [3.8, 4) is 11.9 Å². The number of nitrogens with two attached hydrogens (primary N) is 1. The molecule has 8 nitrogen and oxygen atoms in total. The van der Waals surface area contributed by atoms with Gasteiger partial charge in [0, 0.05) is 5.69 Å². The van der Waals surface area contributed by atoms with E-state index >= 15 is 0 Å². The summed E-state index contributed by atoms with van der Waals surface area (Å²) in [6.45, 7) is 0.536. The summed E-state index contributed by atoms with van der Waals surface area (Å²) >= 11 is 0. The normalized spacial score (nSPS) is 14.8. The fourth-order valence-electron chi connectivity index (χ4n) is 2.84. The molecule has 1 aliphatic rings. The molecular weight excluding hydrogens is 354 g/mol. The quantitative estimate of drug-likeness (QED) is 0.794. The number of ether oxygens (including phenoxy) is 1. The van der Waals surface area contributed by atoms with Gasteiger partial charge in [-0.05, 0) is 43.0 Å². The van der Waals surface area contributed by atoms with Gasteiger partial charge in [-0.2, -0.15) is 10.2 Å². The molecule has 0 saturated heterocycles. The Hall–Kier alpha value is -2.70. The zero-order valence-electron chi connectivity index (χ0n) is 14.1. The van der Waals surface area contributed by atoms with Crippen LogP contribution in [0.5, 0.6) is 5.88 Å². The van der Waals surface area contributed by atoms with E-state index in [0.717, 1.165) is 12.8 Å². The van der Waals surface area contributed by atoms with Crippen LogP contribution in [-0.2, 0) is 10.0 Å². The average Bonchev–Trinajstić information content (AvgIpc) is 3.13. The maximum absolute atomic E-state index is 11.3. The Kier molecular flexibility index (Phi) is 5.35. The summed E-state index contributed by atoms with van der Waals surface area (Å²) in [5.41, 5.74) is 0.863. The molecule has 0 atom stereocenters. The Morgan fingerprint density at radius 1 is 1.27 bits per heavy atom. The number of sulfonamides is 1. The van der Waals surface area contributed by atoms with E-state index in [1.54, 1.807) is 12.1 Å². The number of hydrogen-bond donors (Lipinski definition) is 2. The minimum Gasteiger partial charge on any atom is -0.476 e. The van der Waals surface area contributed by atoms with Crippen LogP contribution < -0.4 is 15.2 Å². The second-order valence-corrected chi connectivity index (χ2v) is 7.74. The molecular formula is C17H19N5O3S. The van der Waals surface area contributed by atoms with Crippen molar-refractivity contribution in [2.24, 2.45) is 11.1 Å². The molecule has 1 aromatic heterocycles. The lowest BCUT2D eigenvalue weighted by Gasteiger charge is -2.12. The molecule has 1 heterocycles. The van der Waals surface area contributed by atoms with E-state index in [1.807, 2.05) is 6.07 Å². The lowest BCUT2D eigenvalue weighted by molar-refractivity contribution is 0.243. The highest BCUT2D eigenvalue weighted by atomic mass is 32.2. The van der Waals surface area contributed by atoms with Gasteiger partial charge in [0.05, 0.1) is 17.7 Å². The average molecular weight is 373 g/mol. The molecule has 9 heteroatoms. The summed E-state index contributed by atoms with van der Waals surface area (Å²) in [4.78, 5) is 8.37. The van der Waals surface area contributed by atoms with E-state index < -0.39 is 10.0 Å². The molecule has 0 amide bonds. The van der Waals surface area contributed by atoms with E-state index in [9.17, 15) is 13.7 Å². The van der Waals surface area contributed by atoms with Gasteiger partial charge in [0.2, 0.25) is 21.9 Å². The van der Waals surface area contributed by atoms with Crippen LogP contribution in [0.3, 0.4) is 0 Å². The Labute approximate surface area is 152 Å². The first kappa shape index (κ1) is 18.1. The van der Waals surface area contributed by atoms with Gasteiger partial charge in [0.15, 0.2) is 0 Å². The molecule has 26 heavy (non-hydrogen) atoms. The van der Waals surface area contributed by atoms with Crippen LogP contribution in [0.15, 0.2) is 35.4 Å². The van der Waals surface area contributed by atoms with Gasteiger partial charge in [0.1, 0.15) is 11.6 Å². The van der Waals surface area contributed by atoms with E-state index in [2.05, 4.69) is 15.3 Å². The van der Waals surface area contributed by atoms with Crippen LogP contribution in [-0.4, -0.2) is 25.0 Å². The zero-order valence-corrected chi connectivity index (χ0v) is 14.9. The fraction of sp³-hybridized carbons (Fsp3) is 0.353. The molecule has 0 spiro atoms. The van der Waals surface area contributed by atoms with E-state index in [4.69, 9.17) is 9.88 Å². The van der Waals surface area contributed by atoms with Crippen molar-refractivity contribution in [2.45, 2.75) is 30.6 Å². The maximum atomic E-state index is 11.3. The molecule has 3 N–H and O–H groups in total. The topological polar surface area (TPSA) is 131 Å². The van der Waals surface area contributed by atoms with Crippen LogP contribution in [0.25, 0.3) is 0 Å². The molecule has 1 saturated carbocycles. The Balaban J connectivity index is 1.73. The van der Waals surface area contributed by atoms with E-state index in [1.165, 1.54) is 31.2 Å². The van der Waals surface area contributed by atoms with Gasteiger partial charge in [0.25, 0.3) is 0 Å². The van der Waals surface area contributed by atoms with Crippen molar-refractivity contribution >= 4 is 21.7 Å². The minimum absolute atomic E-state index is 0.0179. The molecule has 0 unspecified atom stereocenters. The second-order valence-electron chi connectivity index (χ2n) is 6.18. The molecule has 1 fully saturated rings. The van der Waals surface area contributed by atoms with Crippen LogP contribution in [0, 0.1) is 17.2 Å². The lowest BCUT2D eigenvalue weighted by atomic mass is 10.1. The number of nitrogens with one attached hydrogen (secondary N) is 1. The summed E-state index contributed by atoms with van der Waals surface area (Å²) in [5.74, 6) is 1.01. The third-order valence-electron chi connectivity index (χ3n) is 4.24.